The van der Waals surface area contributed by atoms with E-state index in [0.717, 1.165) is 33.2 Å². The van der Waals surface area contributed by atoms with E-state index in [9.17, 15) is 29.2 Å². The minimum absolute atomic E-state index is 0.00126. The highest BCUT2D eigenvalue weighted by molar-refractivity contribution is 8.08. The molecule has 2 atom stereocenters. The van der Waals surface area contributed by atoms with Gasteiger partial charge in [-0.1, -0.05) is 13.8 Å². The predicted octanol–water partition coefficient (Wildman–Crippen LogP) is 6.08. The van der Waals surface area contributed by atoms with E-state index >= 15 is 0 Å². The summed E-state index contributed by atoms with van der Waals surface area (Å²) in [5, 5.41) is 29.1. The molecule has 35 heavy (non-hydrogen) atoms. The first-order valence-corrected chi connectivity index (χ1v) is 12.6. The number of carbonyl (C=O) groups excluding carboxylic acids is 1. The molecule has 2 aromatic rings. The molecule has 5 nitrogen and oxygen atoms in total. The highest BCUT2D eigenvalue weighted by atomic mass is 32.2. The largest absolute Gasteiger partial charge is 0.492 e. The van der Waals surface area contributed by atoms with E-state index in [0.29, 0.717) is 17.2 Å². The third-order valence-electron chi connectivity index (χ3n) is 5.92. The Labute approximate surface area is 209 Å². The number of benzene rings is 1. The molecule has 0 spiro atoms. The molecule has 1 N–H and O–H groups in total. The van der Waals surface area contributed by atoms with Crippen molar-refractivity contribution in [1.29, 1.82) is 10.5 Å². The number of ether oxygens (including phenoxy) is 1. The van der Waals surface area contributed by atoms with Crippen molar-refractivity contribution >= 4 is 45.4 Å². The van der Waals surface area contributed by atoms with Crippen LogP contribution in [0.15, 0.2) is 35.1 Å². The van der Waals surface area contributed by atoms with Crippen LogP contribution in [0.4, 0.5) is 8.78 Å². The summed E-state index contributed by atoms with van der Waals surface area (Å²) in [5.74, 6) is -1.63. The molecule has 1 aliphatic carbocycles. The molecule has 0 radical (unpaired) electrons. The first-order valence-electron chi connectivity index (χ1n) is 10.8. The Morgan fingerprint density at radius 2 is 1.89 bits per heavy atom. The Balaban J connectivity index is 1.88. The molecule has 1 aromatic carbocycles. The fourth-order valence-corrected chi connectivity index (χ4v) is 6.32. The van der Waals surface area contributed by atoms with E-state index < -0.39 is 23.5 Å². The molecule has 0 bridgehead atoms. The molecule has 0 saturated carbocycles. The van der Waals surface area contributed by atoms with E-state index in [1.165, 1.54) is 11.3 Å². The molecule has 2 heterocycles. The number of Topliss-reactive ketones (excluding diaryl/α,β-unsaturated/α-hetero) is 1. The summed E-state index contributed by atoms with van der Waals surface area (Å²) < 4.78 is 33.9. The molecule has 178 valence electrons. The van der Waals surface area contributed by atoms with Crippen LogP contribution in [0, 0.1) is 40.2 Å². The second kappa shape index (κ2) is 9.79. The van der Waals surface area contributed by atoms with Crippen LogP contribution in [-0.4, -0.2) is 22.7 Å². The van der Waals surface area contributed by atoms with Crippen molar-refractivity contribution in [3.05, 3.63) is 73.2 Å². The summed E-state index contributed by atoms with van der Waals surface area (Å²) in [6, 6.07) is 7.04. The van der Waals surface area contributed by atoms with Crippen molar-refractivity contribution in [2.45, 2.75) is 33.5 Å². The highest BCUT2D eigenvalue weighted by Crippen LogP contribution is 2.46. The van der Waals surface area contributed by atoms with Crippen LogP contribution in [0.3, 0.4) is 0 Å². The fraction of sp³-hybridized carbons (Fsp3) is 0.269. The van der Waals surface area contributed by atoms with Crippen molar-refractivity contribution in [1.82, 2.24) is 0 Å². The Morgan fingerprint density at radius 3 is 2.49 bits per heavy atom. The lowest BCUT2D eigenvalue weighted by molar-refractivity contribution is 0.0913. The number of nitriles is 2. The minimum Gasteiger partial charge on any atom is -0.492 e. The zero-order valence-corrected chi connectivity index (χ0v) is 20.7. The third-order valence-corrected chi connectivity index (χ3v) is 8.17. The summed E-state index contributed by atoms with van der Waals surface area (Å²) >= 11 is 3.01. The summed E-state index contributed by atoms with van der Waals surface area (Å²) in [6.45, 7) is 5.92. The highest BCUT2D eigenvalue weighted by Gasteiger charge is 2.35. The molecule has 4 rings (SSSR count). The number of allylic oxidation sites excluding steroid dienone is 3. The molecule has 1 aromatic heterocycles. The van der Waals surface area contributed by atoms with Crippen LogP contribution in [0.2, 0.25) is 0 Å². The average molecular weight is 511 g/mol. The minimum atomic E-state index is -1.18. The first kappa shape index (κ1) is 24.9. The molecule has 1 aliphatic heterocycles. The molecule has 9 heteroatoms. The van der Waals surface area contributed by atoms with Gasteiger partial charge in [-0.15, -0.1) is 23.1 Å². The zero-order valence-electron chi connectivity index (χ0n) is 19.1. The van der Waals surface area contributed by atoms with Gasteiger partial charge in [0.25, 0.3) is 0 Å². The molecule has 2 aliphatic rings. The number of ketones is 1. The standard InChI is InChI=1S/C26H20F2N2O3S2/c1-4-34-26-24(12(2)13(3)31)33-11-14-5-16(35-25(14)26)6-19-22(15(9-29)10-30)17-7-20(27)21(28)8-18(17)23(19)32/h5-8,12-13,31H,4,11H2,1-3H3/b19-6-/t12-,13-/m1/s1. The molecular weight excluding hydrogens is 490 g/mol. The van der Waals surface area contributed by atoms with Gasteiger partial charge < -0.3 is 9.84 Å². The number of hydrogen-bond donors (Lipinski definition) is 1. The van der Waals surface area contributed by atoms with Gasteiger partial charge in [-0.05, 0) is 42.5 Å². The van der Waals surface area contributed by atoms with Crippen molar-refractivity contribution in [3.63, 3.8) is 0 Å². The summed E-state index contributed by atoms with van der Waals surface area (Å²) in [7, 11) is 0. The van der Waals surface area contributed by atoms with Crippen molar-refractivity contribution in [2.24, 2.45) is 5.92 Å². The maximum absolute atomic E-state index is 14.0. The monoisotopic (exact) mass is 510 g/mol. The van der Waals surface area contributed by atoms with E-state index in [2.05, 4.69) is 0 Å². The summed E-state index contributed by atoms with van der Waals surface area (Å²) in [5.41, 5.74) is 0.526. The van der Waals surface area contributed by atoms with Gasteiger partial charge in [-0.2, -0.15) is 10.5 Å². The van der Waals surface area contributed by atoms with Gasteiger partial charge in [-0.3, -0.25) is 4.79 Å². The zero-order chi connectivity index (χ0) is 25.4. The molecule has 0 fully saturated rings. The van der Waals surface area contributed by atoms with Gasteiger partial charge in [0.1, 0.15) is 30.1 Å². The number of thiophene rings is 1. The van der Waals surface area contributed by atoms with Gasteiger partial charge in [0.2, 0.25) is 0 Å². The van der Waals surface area contributed by atoms with Crippen molar-refractivity contribution in [3.8, 4) is 12.1 Å². The first-order chi connectivity index (χ1) is 16.7. The lowest BCUT2D eigenvalue weighted by Gasteiger charge is -2.26. The van der Waals surface area contributed by atoms with Gasteiger partial charge >= 0.3 is 0 Å². The maximum atomic E-state index is 14.0. The Hall–Kier alpha value is -3.24. The van der Waals surface area contributed by atoms with Crippen LogP contribution < -0.4 is 0 Å². The van der Waals surface area contributed by atoms with Crippen LogP contribution in [0.5, 0.6) is 0 Å². The van der Waals surface area contributed by atoms with Gasteiger partial charge in [0.05, 0.1) is 15.9 Å². The number of halogens is 2. The quantitative estimate of drug-likeness (QED) is 0.387. The van der Waals surface area contributed by atoms with E-state index in [1.54, 1.807) is 36.9 Å². The third kappa shape index (κ3) is 4.32. The molecular formula is C26H20F2N2O3S2. The summed E-state index contributed by atoms with van der Waals surface area (Å²) in [4.78, 5) is 15.7. The normalized spacial score (nSPS) is 17.4. The molecule has 0 saturated heterocycles. The van der Waals surface area contributed by atoms with Crippen molar-refractivity contribution < 1.29 is 23.4 Å². The van der Waals surface area contributed by atoms with Crippen LogP contribution >= 0.6 is 23.1 Å². The van der Waals surface area contributed by atoms with Crippen LogP contribution in [0.1, 0.15) is 52.0 Å². The Kier molecular flexibility index (Phi) is 6.95. The number of fused-ring (bicyclic) bond motifs is 2. The number of aliphatic hydroxyl groups is 1. The SMILES string of the molecule is CCSC1=C([C@H](C)[C@@H](C)O)OCc2cc(/C=C3\C(=O)c4cc(F)c(F)cc4C3=C(C#N)C#N)sc21. The smallest absolute Gasteiger partial charge is 0.194 e. The van der Waals surface area contributed by atoms with Crippen LogP contribution in [0.25, 0.3) is 16.6 Å². The number of nitrogens with zero attached hydrogens (tertiary/aromatic N) is 2. The fourth-order valence-electron chi connectivity index (χ4n) is 4.02. The predicted molar refractivity (Wildman–Crippen MR) is 132 cm³/mol. The van der Waals surface area contributed by atoms with E-state index in [1.807, 2.05) is 19.9 Å². The van der Waals surface area contributed by atoms with Gasteiger partial charge in [0.15, 0.2) is 17.4 Å². The maximum Gasteiger partial charge on any atom is 0.194 e. The molecule has 0 amide bonds. The second-order valence-electron chi connectivity index (χ2n) is 8.12. The number of aliphatic hydroxyl groups excluding tert-OH is 1. The number of rotatable bonds is 5. The number of hydrogen-bond acceptors (Lipinski definition) is 7. The Bertz CT molecular complexity index is 1410. The number of thioether (sulfide) groups is 1. The lowest BCUT2D eigenvalue weighted by atomic mass is 9.99. The number of carbonyl (C=O) groups is 1. The molecule has 0 unspecified atom stereocenters. The van der Waals surface area contributed by atoms with E-state index in [4.69, 9.17) is 4.74 Å². The Morgan fingerprint density at radius 1 is 1.23 bits per heavy atom. The summed E-state index contributed by atoms with van der Waals surface area (Å²) in [6.07, 6.45) is 0.955. The van der Waals surface area contributed by atoms with Crippen LogP contribution in [-0.2, 0) is 11.3 Å². The van der Waals surface area contributed by atoms with E-state index in [-0.39, 0.29) is 33.8 Å². The van der Waals surface area contributed by atoms with Crippen molar-refractivity contribution in [2.75, 3.05) is 5.75 Å². The van der Waals surface area contributed by atoms with Gasteiger partial charge in [-0.25, -0.2) is 8.78 Å². The lowest BCUT2D eigenvalue weighted by Crippen LogP contribution is -2.20. The van der Waals surface area contributed by atoms with Gasteiger partial charge in [0, 0.05) is 33.1 Å². The topological polar surface area (TPSA) is 94.1 Å². The average Bonchev–Trinajstić information content (AvgIpc) is 3.35. The second-order valence-corrected chi connectivity index (χ2v) is 10.5.